The third-order valence-electron chi connectivity index (χ3n) is 6.76. The number of rotatable bonds is 8. The lowest BCUT2D eigenvalue weighted by molar-refractivity contribution is -0.485. The Labute approximate surface area is 213 Å². The standard InChI is InChI=1S/C25H30N6O4S/c1-14-2-8-17(9-3-14)27-25(30-31(34)35)28-18-10-11-20-19(12-18)21(23(33)26-13-15-4-5-15)24(36-20)29-22(32)16-6-7-16/h2-3,8-9,15-16,18H,4-7,10-13H2,1H3,(H,26,33)(H,29,32)(H2,27,28,30). The van der Waals surface area contributed by atoms with Crippen molar-refractivity contribution in [1.29, 1.82) is 0 Å². The minimum Gasteiger partial charge on any atom is -0.352 e. The van der Waals surface area contributed by atoms with E-state index < -0.39 is 5.03 Å². The van der Waals surface area contributed by atoms with E-state index in [1.165, 1.54) is 11.3 Å². The lowest BCUT2D eigenvalue weighted by Gasteiger charge is -2.25. The van der Waals surface area contributed by atoms with Gasteiger partial charge in [-0.1, -0.05) is 17.7 Å². The maximum atomic E-state index is 13.2. The summed E-state index contributed by atoms with van der Waals surface area (Å²) in [4.78, 5) is 38.0. The molecule has 0 radical (unpaired) electrons. The van der Waals surface area contributed by atoms with E-state index in [1.807, 2.05) is 31.2 Å². The first-order chi connectivity index (χ1) is 17.4. The highest BCUT2D eigenvalue weighted by Gasteiger charge is 2.34. The Morgan fingerprint density at radius 2 is 1.86 bits per heavy atom. The number of nitrogens with zero attached hydrogens (tertiary/aromatic N) is 2. The maximum absolute atomic E-state index is 13.2. The molecule has 1 aromatic heterocycles. The predicted molar refractivity (Wildman–Crippen MR) is 139 cm³/mol. The van der Waals surface area contributed by atoms with Crippen molar-refractivity contribution in [2.24, 2.45) is 16.9 Å². The van der Waals surface area contributed by atoms with Crippen LogP contribution in [0.4, 0.5) is 10.7 Å². The molecule has 0 bridgehead atoms. The first-order valence-electron chi connectivity index (χ1n) is 12.4. The SMILES string of the molecule is Cc1ccc(NC(=N[N+](=O)[O-])NC2CCc3sc(NC(=O)C4CC4)c(C(=O)NCC4CC4)c3C2)cc1. The number of nitro groups is 1. The van der Waals surface area contributed by atoms with E-state index in [0.29, 0.717) is 41.6 Å². The van der Waals surface area contributed by atoms with Gasteiger partial charge in [-0.3, -0.25) is 9.59 Å². The number of amides is 2. The van der Waals surface area contributed by atoms with Gasteiger partial charge in [-0.15, -0.1) is 11.3 Å². The number of fused-ring (bicyclic) bond motifs is 1. The summed E-state index contributed by atoms with van der Waals surface area (Å²) in [6.45, 7) is 2.61. The van der Waals surface area contributed by atoms with Gasteiger partial charge in [0.1, 0.15) is 10.1 Å². The van der Waals surface area contributed by atoms with Crippen molar-refractivity contribution >= 4 is 39.8 Å². The largest absolute Gasteiger partial charge is 0.352 e. The summed E-state index contributed by atoms with van der Waals surface area (Å²) < 4.78 is 0. The summed E-state index contributed by atoms with van der Waals surface area (Å²) in [6, 6.07) is 7.33. The number of hydrogen-bond acceptors (Lipinski definition) is 5. The first-order valence-corrected chi connectivity index (χ1v) is 13.2. The van der Waals surface area contributed by atoms with Gasteiger partial charge < -0.3 is 21.3 Å². The van der Waals surface area contributed by atoms with Crippen molar-refractivity contribution in [2.45, 2.75) is 57.9 Å². The van der Waals surface area contributed by atoms with Gasteiger partial charge >= 0.3 is 0 Å². The number of thiophene rings is 1. The molecule has 190 valence electrons. The third kappa shape index (κ3) is 6.01. The number of anilines is 2. The van der Waals surface area contributed by atoms with Crippen LogP contribution in [0.15, 0.2) is 29.4 Å². The normalized spacial score (nSPS) is 19.2. The molecule has 1 heterocycles. The summed E-state index contributed by atoms with van der Waals surface area (Å²) in [5, 5.41) is 26.8. The van der Waals surface area contributed by atoms with Crippen LogP contribution < -0.4 is 21.3 Å². The van der Waals surface area contributed by atoms with Crippen molar-refractivity contribution in [3.05, 3.63) is 55.9 Å². The molecule has 2 aromatic rings. The van der Waals surface area contributed by atoms with E-state index >= 15 is 0 Å². The zero-order valence-electron chi connectivity index (χ0n) is 20.1. The molecule has 5 rings (SSSR count). The topological polar surface area (TPSA) is 138 Å². The maximum Gasteiger partial charge on any atom is 0.273 e. The monoisotopic (exact) mass is 510 g/mol. The molecule has 2 amide bonds. The van der Waals surface area contributed by atoms with Crippen molar-refractivity contribution < 1.29 is 14.6 Å². The fraction of sp³-hybridized carbons (Fsp3) is 0.480. The quantitative estimate of drug-likeness (QED) is 0.185. The average molecular weight is 511 g/mol. The molecule has 1 atom stereocenters. The molecule has 3 aliphatic rings. The van der Waals surface area contributed by atoms with Crippen LogP contribution in [-0.4, -0.2) is 35.4 Å². The van der Waals surface area contributed by atoms with E-state index in [4.69, 9.17) is 0 Å². The molecular formula is C25H30N6O4S. The highest BCUT2D eigenvalue weighted by Crippen LogP contribution is 2.40. The van der Waals surface area contributed by atoms with Crippen LogP contribution in [0.1, 0.15) is 58.5 Å². The molecule has 36 heavy (non-hydrogen) atoms. The molecule has 1 unspecified atom stereocenters. The van der Waals surface area contributed by atoms with Gasteiger partial charge in [0.2, 0.25) is 5.91 Å². The number of guanidine groups is 1. The molecule has 2 saturated carbocycles. The van der Waals surface area contributed by atoms with Crippen molar-refractivity contribution in [3.8, 4) is 0 Å². The van der Waals surface area contributed by atoms with Crippen LogP contribution >= 0.6 is 11.3 Å². The van der Waals surface area contributed by atoms with Gasteiger partial charge in [-0.2, -0.15) is 0 Å². The Morgan fingerprint density at radius 1 is 1.11 bits per heavy atom. The number of aryl methyl sites for hydroxylation is 2. The minimum absolute atomic E-state index is 0.0257. The van der Waals surface area contributed by atoms with E-state index in [9.17, 15) is 19.7 Å². The minimum atomic E-state index is -0.732. The summed E-state index contributed by atoms with van der Waals surface area (Å²) in [5.74, 6) is 0.436. The highest BCUT2D eigenvalue weighted by molar-refractivity contribution is 7.17. The zero-order chi connectivity index (χ0) is 25.2. The van der Waals surface area contributed by atoms with E-state index in [2.05, 4.69) is 26.4 Å². The Bertz CT molecular complexity index is 1200. The van der Waals surface area contributed by atoms with Crippen LogP contribution in [0, 0.1) is 28.9 Å². The number of carbonyl (C=O) groups is 2. The summed E-state index contributed by atoms with van der Waals surface area (Å²) in [5.41, 5.74) is 3.20. The molecule has 0 spiro atoms. The highest BCUT2D eigenvalue weighted by atomic mass is 32.1. The lowest BCUT2D eigenvalue weighted by atomic mass is 9.91. The smallest absolute Gasteiger partial charge is 0.273 e. The van der Waals surface area contributed by atoms with Crippen molar-refractivity contribution in [2.75, 3.05) is 17.2 Å². The summed E-state index contributed by atoms with van der Waals surface area (Å²) in [7, 11) is 0. The van der Waals surface area contributed by atoms with Gasteiger partial charge in [0.05, 0.1) is 5.56 Å². The number of benzene rings is 1. The van der Waals surface area contributed by atoms with Crippen LogP contribution in [0.5, 0.6) is 0 Å². The van der Waals surface area contributed by atoms with E-state index in [1.54, 1.807) is 0 Å². The van der Waals surface area contributed by atoms with Crippen LogP contribution in [0.3, 0.4) is 0 Å². The number of nitrogens with one attached hydrogen (secondary N) is 4. The Morgan fingerprint density at radius 3 is 2.53 bits per heavy atom. The molecule has 4 N–H and O–H groups in total. The Balaban J connectivity index is 1.35. The van der Waals surface area contributed by atoms with Crippen molar-refractivity contribution in [3.63, 3.8) is 0 Å². The molecule has 1 aromatic carbocycles. The van der Waals surface area contributed by atoms with Crippen molar-refractivity contribution in [1.82, 2.24) is 10.6 Å². The van der Waals surface area contributed by atoms with Crippen LogP contribution in [-0.2, 0) is 17.6 Å². The van der Waals surface area contributed by atoms with E-state index in [-0.39, 0.29) is 29.7 Å². The zero-order valence-corrected chi connectivity index (χ0v) is 21.0. The van der Waals surface area contributed by atoms with Crippen LogP contribution in [0.25, 0.3) is 0 Å². The van der Waals surface area contributed by atoms with E-state index in [0.717, 1.165) is 48.1 Å². The Kier molecular flexibility index (Phi) is 6.90. The molecule has 0 saturated heterocycles. The number of hydrogen-bond donors (Lipinski definition) is 4. The van der Waals surface area contributed by atoms with Gasteiger partial charge in [0.15, 0.2) is 5.03 Å². The predicted octanol–water partition coefficient (Wildman–Crippen LogP) is 3.65. The molecule has 3 aliphatic carbocycles. The van der Waals surface area contributed by atoms with Crippen LogP contribution in [0.2, 0.25) is 0 Å². The Hall–Kier alpha value is -3.47. The van der Waals surface area contributed by atoms with Gasteiger partial charge in [-0.05, 0) is 75.5 Å². The fourth-order valence-corrected chi connectivity index (χ4v) is 5.63. The third-order valence-corrected chi connectivity index (χ3v) is 7.97. The molecular weight excluding hydrogens is 480 g/mol. The second-order valence-electron chi connectivity index (χ2n) is 9.89. The molecule has 10 nitrogen and oxygen atoms in total. The van der Waals surface area contributed by atoms with Gasteiger partial charge in [0, 0.05) is 29.1 Å². The molecule has 2 fully saturated rings. The summed E-state index contributed by atoms with van der Waals surface area (Å²) in [6.07, 6.45) is 5.97. The second-order valence-corrected chi connectivity index (χ2v) is 11.0. The average Bonchev–Trinajstić information content (AvgIpc) is 3.75. The fourth-order valence-electron chi connectivity index (χ4n) is 4.38. The number of hydrazone groups is 1. The first kappa shape index (κ1) is 24.2. The molecule has 11 heteroatoms. The second kappa shape index (κ2) is 10.3. The van der Waals surface area contributed by atoms with Gasteiger partial charge in [0.25, 0.3) is 11.9 Å². The summed E-state index contributed by atoms with van der Waals surface area (Å²) >= 11 is 1.47. The molecule has 0 aliphatic heterocycles. The number of carbonyl (C=O) groups excluding carboxylic acids is 2. The van der Waals surface area contributed by atoms with Gasteiger partial charge in [-0.25, -0.2) is 10.1 Å². The lowest BCUT2D eigenvalue weighted by Crippen LogP contribution is -2.43.